The van der Waals surface area contributed by atoms with Crippen molar-refractivity contribution in [3.05, 3.63) is 5.32 Å². The van der Waals surface area contributed by atoms with Crippen molar-refractivity contribution in [3.8, 4) is 0 Å². The van der Waals surface area contributed by atoms with Crippen LogP contribution in [0.1, 0.15) is 45.4 Å². The molecule has 0 saturated heterocycles. The van der Waals surface area contributed by atoms with Crippen molar-refractivity contribution >= 4 is 0 Å². The average Bonchev–Trinajstić information content (AvgIpc) is 2.18. The highest BCUT2D eigenvalue weighted by atomic mass is 19.4. The van der Waals surface area contributed by atoms with Crippen LogP contribution in [0.2, 0.25) is 0 Å². The lowest BCUT2D eigenvalue weighted by atomic mass is 9.95. The van der Waals surface area contributed by atoms with Gasteiger partial charge in [0.2, 0.25) is 0 Å². The number of nitrogens with zero attached hydrogens (tertiary/aromatic N) is 1. The summed E-state index contributed by atoms with van der Waals surface area (Å²) in [5, 5.41) is 4.06. The zero-order valence-corrected chi connectivity index (χ0v) is 10.9. The van der Waals surface area contributed by atoms with Crippen molar-refractivity contribution in [1.82, 2.24) is 0 Å². The molecule has 0 aromatic rings. The van der Waals surface area contributed by atoms with Gasteiger partial charge in [0.15, 0.2) is 0 Å². The molecule has 0 fully saturated rings. The molecule has 0 aromatic carbocycles. The Kier molecular flexibility index (Phi) is 8.45. The summed E-state index contributed by atoms with van der Waals surface area (Å²) in [4.78, 5) is 0. The van der Waals surface area contributed by atoms with E-state index in [-0.39, 0.29) is 12.8 Å². The molecule has 0 unspecified atom stereocenters. The van der Waals surface area contributed by atoms with Gasteiger partial charge < -0.3 is 5.32 Å². The molecule has 0 radical (unpaired) electrons. The molecule has 0 aromatic heterocycles. The third-order valence-corrected chi connectivity index (χ3v) is 2.64. The monoisotopic (exact) mass is 292 g/mol. The van der Waals surface area contributed by atoms with Gasteiger partial charge in [0.1, 0.15) is 0 Å². The molecule has 0 saturated carbocycles. The Morgan fingerprint density at radius 1 is 0.842 bits per heavy atom. The zero-order valence-electron chi connectivity index (χ0n) is 10.9. The first kappa shape index (κ1) is 18.5. The Morgan fingerprint density at radius 2 is 1.32 bits per heavy atom. The van der Waals surface area contributed by atoms with Crippen LogP contribution in [0.5, 0.6) is 0 Å². The van der Waals surface area contributed by atoms with Crippen molar-refractivity contribution in [3.63, 3.8) is 0 Å². The van der Waals surface area contributed by atoms with Crippen molar-refractivity contribution in [2.24, 2.45) is 5.92 Å². The van der Waals surface area contributed by atoms with Crippen LogP contribution in [-0.4, -0.2) is 25.4 Å². The Balaban J connectivity index is 3.99. The van der Waals surface area contributed by atoms with Gasteiger partial charge in [-0.15, -0.1) is 13.1 Å². The van der Waals surface area contributed by atoms with Gasteiger partial charge in [-0.2, -0.15) is 26.3 Å². The van der Waals surface area contributed by atoms with Crippen LogP contribution in [-0.2, 0) is 0 Å². The topological polar surface area (TPSA) is 14.1 Å². The molecule has 0 amide bonds. The first-order valence-electron chi connectivity index (χ1n) is 6.41. The molecule has 0 aliphatic carbocycles. The summed E-state index contributed by atoms with van der Waals surface area (Å²) in [5.74, 6) is -1.39. The molecule has 0 spiro atoms. The molecular formula is C12H20F6N-. The molecule has 0 aliphatic rings. The van der Waals surface area contributed by atoms with Crippen molar-refractivity contribution in [2.75, 3.05) is 13.1 Å². The van der Waals surface area contributed by atoms with E-state index in [2.05, 4.69) is 5.32 Å². The minimum Gasteiger partial charge on any atom is -0.662 e. The molecule has 0 N–H and O–H groups in total. The lowest BCUT2D eigenvalue weighted by Gasteiger charge is -2.23. The Hall–Kier alpha value is -0.460. The highest BCUT2D eigenvalue weighted by molar-refractivity contribution is 4.79. The highest BCUT2D eigenvalue weighted by Gasteiger charge is 2.38. The molecule has 19 heavy (non-hydrogen) atoms. The normalized spacial score (nSPS) is 13.3. The molecule has 0 aliphatic heterocycles. The minimum absolute atomic E-state index is 0.0886. The van der Waals surface area contributed by atoms with E-state index in [0.717, 1.165) is 12.8 Å². The van der Waals surface area contributed by atoms with Crippen molar-refractivity contribution in [1.29, 1.82) is 0 Å². The summed E-state index contributed by atoms with van der Waals surface area (Å²) >= 11 is 0. The number of hydrogen-bond donors (Lipinski definition) is 0. The number of rotatable bonds is 9. The number of halogens is 6. The molecule has 7 heteroatoms. The molecule has 116 valence electrons. The van der Waals surface area contributed by atoms with E-state index in [0.29, 0.717) is 13.1 Å². The van der Waals surface area contributed by atoms with Crippen molar-refractivity contribution < 1.29 is 26.3 Å². The van der Waals surface area contributed by atoms with E-state index >= 15 is 0 Å². The predicted octanol–water partition coefficient (Wildman–Crippen LogP) is 5.46. The molecule has 0 heterocycles. The largest absolute Gasteiger partial charge is 0.662 e. The first-order chi connectivity index (χ1) is 8.64. The van der Waals surface area contributed by atoms with Gasteiger partial charge in [0, 0.05) is 12.8 Å². The van der Waals surface area contributed by atoms with E-state index < -0.39 is 31.1 Å². The van der Waals surface area contributed by atoms with Crippen LogP contribution in [0.25, 0.3) is 5.32 Å². The third kappa shape index (κ3) is 13.8. The minimum atomic E-state index is -4.55. The second-order valence-electron chi connectivity index (χ2n) is 4.67. The fraction of sp³-hybridized carbons (Fsp3) is 1.00. The molecule has 0 bridgehead atoms. The first-order valence-corrected chi connectivity index (χ1v) is 6.41. The maximum atomic E-state index is 12.2. The number of unbranched alkanes of at least 4 members (excludes halogenated alkanes) is 1. The van der Waals surface area contributed by atoms with Crippen molar-refractivity contribution in [2.45, 2.75) is 57.8 Å². The Labute approximate surface area is 109 Å². The third-order valence-electron chi connectivity index (χ3n) is 2.64. The van der Waals surface area contributed by atoms with Gasteiger partial charge in [0.05, 0.1) is 0 Å². The summed E-state index contributed by atoms with van der Waals surface area (Å²) in [5.41, 5.74) is 0. The van der Waals surface area contributed by atoms with Gasteiger partial charge in [-0.05, 0) is 5.92 Å². The second-order valence-corrected chi connectivity index (χ2v) is 4.67. The summed E-state index contributed by atoms with van der Waals surface area (Å²) in [6.45, 7) is 2.95. The standard InChI is InChI=1S/C12H20F6N/c1-2-3-6-19-7-4-5-10(8-11(13,14)15)9-12(16,17)18/h10H,2-9H2,1H3/q-1. The number of hydrogen-bond acceptors (Lipinski definition) is 0. The highest BCUT2D eigenvalue weighted by Crippen LogP contribution is 2.35. The fourth-order valence-corrected chi connectivity index (χ4v) is 1.80. The molecule has 0 rings (SSSR count). The summed E-state index contributed by atoms with van der Waals surface area (Å²) in [7, 11) is 0. The van der Waals surface area contributed by atoms with E-state index in [1.807, 2.05) is 6.92 Å². The van der Waals surface area contributed by atoms with Crippen LogP contribution >= 0.6 is 0 Å². The molecular weight excluding hydrogens is 272 g/mol. The van der Waals surface area contributed by atoms with Gasteiger partial charge in [0.25, 0.3) is 0 Å². The fourth-order valence-electron chi connectivity index (χ4n) is 1.80. The van der Waals surface area contributed by atoms with Gasteiger partial charge in [-0.1, -0.05) is 32.6 Å². The summed E-state index contributed by atoms with van der Waals surface area (Å²) in [6.07, 6.45) is -9.79. The zero-order chi connectivity index (χ0) is 14.9. The summed E-state index contributed by atoms with van der Waals surface area (Å²) < 4.78 is 73.0. The van der Waals surface area contributed by atoms with Crippen LogP contribution in [0.15, 0.2) is 0 Å². The second kappa shape index (κ2) is 8.66. The van der Waals surface area contributed by atoms with E-state index in [4.69, 9.17) is 0 Å². The van der Waals surface area contributed by atoms with Crippen LogP contribution in [0.3, 0.4) is 0 Å². The molecule has 1 nitrogen and oxygen atoms in total. The molecule has 0 atom stereocenters. The summed E-state index contributed by atoms with van der Waals surface area (Å²) in [6, 6.07) is 0. The van der Waals surface area contributed by atoms with Gasteiger partial charge in [-0.25, -0.2) is 0 Å². The van der Waals surface area contributed by atoms with E-state index in [1.54, 1.807) is 0 Å². The van der Waals surface area contributed by atoms with Crippen LogP contribution < -0.4 is 0 Å². The SMILES string of the molecule is CCCC[N-]CCCC(CC(F)(F)F)CC(F)(F)F. The maximum absolute atomic E-state index is 12.2. The Bertz CT molecular complexity index is 207. The predicted molar refractivity (Wildman–Crippen MR) is 62.1 cm³/mol. The quantitative estimate of drug-likeness (QED) is 0.395. The van der Waals surface area contributed by atoms with E-state index in [1.165, 1.54) is 0 Å². The average molecular weight is 292 g/mol. The van der Waals surface area contributed by atoms with E-state index in [9.17, 15) is 26.3 Å². The smallest absolute Gasteiger partial charge is 0.389 e. The lowest BCUT2D eigenvalue weighted by molar-refractivity contribution is -0.173. The maximum Gasteiger partial charge on any atom is 0.389 e. The van der Waals surface area contributed by atoms with Gasteiger partial charge >= 0.3 is 12.4 Å². The lowest BCUT2D eigenvalue weighted by Crippen LogP contribution is -2.21. The van der Waals surface area contributed by atoms with Crippen LogP contribution in [0.4, 0.5) is 26.3 Å². The Morgan fingerprint density at radius 3 is 1.74 bits per heavy atom. The number of alkyl halides is 6. The van der Waals surface area contributed by atoms with Crippen LogP contribution in [0, 0.1) is 5.92 Å². The van der Waals surface area contributed by atoms with Gasteiger partial charge in [-0.3, -0.25) is 0 Å².